The van der Waals surface area contributed by atoms with Gasteiger partial charge in [0.25, 0.3) is 0 Å². The fourth-order valence-electron chi connectivity index (χ4n) is 3.63. The lowest BCUT2D eigenvalue weighted by Gasteiger charge is -2.27. The summed E-state index contributed by atoms with van der Waals surface area (Å²) in [6.07, 6.45) is -3.39. The van der Waals surface area contributed by atoms with Crippen LogP contribution in [0, 0.1) is 18.8 Å². The van der Waals surface area contributed by atoms with Crippen LogP contribution in [0.5, 0.6) is 28.7 Å². The van der Waals surface area contributed by atoms with Crippen molar-refractivity contribution in [3.05, 3.63) is 41.0 Å². The van der Waals surface area contributed by atoms with Crippen LogP contribution in [0.3, 0.4) is 0 Å². The first-order valence-electron chi connectivity index (χ1n) is 11.9. The zero-order valence-corrected chi connectivity index (χ0v) is 22.3. The van der Waals surface area contributed by atoms with Crippen LogP contribution in [-0.4, -0.2) is 67.0 Å². The number of methoxy groups -OCH3 is 3. The van der Waals surface area contributed by atoms with Gasteiger partial charge in [-0.25, -0.2) is 0 Å². The second kappa shape index (κ2) is 13.5. The first kappa shape index (κ1) is 30.2. The van der Waals surface area contributed by atoms with Gasteiger partial charge in [-0.05, 0) is 47.9 Å². The van der Waals surface area contributed by atoms with Crippen molar-refractivity contribution in [3.63, 3.8) is 0 Å². The standard InChI is InChI=1S/C27H38O10/c1-14(2)27(32)37-26-20(34-6)10-18(11-21(26)35-7)24(31)22(13-29)36-25-15(3)8-17(9-19(25)33-5)23(30)16(4)12-28/h8-11,14,16,22-24,28-31H,12-13H2,1-7H3. The highest BCUT2D eigenvalue weighted by atomic mass is 16.6. The van der Waals surface area contributed by atoms with E-state index in [1.807, 2.05) is 0 Å². The highest BCUT2D eigenvalue weighted by Gasteiger charge is 2.29. The Balaban J connectivity index is 2.43. The smallest absolute Gasteiger partial charge is 0.314 e. The molecule has 0 heterocycles. The van der Waals surface area contributed by atoms with Crippen molar-refractivity contribution in [1.29, 1.82) is 0 Å². The summed E-state index contributed by atoms with van der Waals surface area (Å²) in [5, 5.41) is 41.1. The average molecular weight is 523 g/mol. The Morgan fingerprint density at radius 3 is 1.70 bits per heavy atom. The molecule has 0 aliphatic heterocycles. The Bertz CT molecular complexity index is 1030. The molecule has 4 atom stereocenters. The van der Waals surface area contributed by atoms with Crippen molar-refractivity contribution in [2.45, 2.75) is 46.0 Å². The minimum Gasteiger partial charge on any atom is -0.493 e. The first-order chi connectivity index (χ1) is 17.5. The van der Waals surface area contributed by atoms with Gasteiger partial charge in [-0.1, -0.05) is 20.8 Å². The Kier molecular flexibility index (Phi) is 11.0. The van der Waals surface area contributed by atoms with Crippen LogP contribution in [0.2, 0.25) is 0 Å². The van der Waals surface area contributed by atoms with Crippen molar-refractivity contribution >= 4 is 5.97 Å². The molecule has 2 aromatic carbocycles. The van der Waals surface area contributed by atoms with Gasteiger partial charge < -0.3 is 44.1 Å². The molecule has 0 fully saturated rings. The molecule has 0 bridgehead atoms. The van der Waals surface area contributed by atoms with Gasteiger partial charge in [0.15, 0.2) is 29.1 Å². The number of carbonyl (C=O) groups excluding carboxylic acids is 1. The number of ether oxygens (including phenoxy) is 5. The summed E-state index contributed by atoms with van der Waals surface area (Å²) in [5.41, 5.74) is 1.41. The second-order valence-electron chi connectivity index (χ2n) is 9.09. The van der Waals surface area contributed by atoms with Crippen LogP contribution in [0.1, 0.15) is 49.7 Å². The molecule has 0 radical (unpaired) electrons. The topological polar surface area (TPSA) is 144 Å². The van der Waals surface area contributed by atoms with E-state index in [-0.39, 0.29) is 46.8 Å². The molecule has 206 valence electrons. The lowest BCUT2D eigenvalue weighted by Crippen LogP contribution is -2.30. The fraction of sp³-hybridized carbons (Fsp3) is 0.519. The predicted molar refractivity (Wildman–Crippen MR) is 135 cm³/mol. The molecule has 4 N–H and O–H groups in total. The maximum Gasteiger partial charge on any atom is 0.314 e. The third kappa shape index (κ3) is 7.04. The zero-order chi connectivity index (χ0) is 27.9. The SMILES string of the molecule is COc1cc(C(O)C(C)CO)cc(C)c1OC(CO)C(O)c1cc(OC)c(OC(=O)C(C)C)c(OC)c1. The van der Waals surface area contributed by atoms with Crippen LogP contribution in [0.25, 0.3) is 0 Å². The molecule has 0 aromatic heterocycles. The maximum absolute atomic E-state index is 12.2. The summed E-state index contributed by atoms with van der Waals surface area (Å²) in [4.78, 5) is 12.2. The number of rotatable bonds is 13. The van der Waals surface area contributed by atoms with E-state index in [0.29, 0.717) is 11.1 Å². The summed E-state index contributed by atoms with van der Waals surface area (Å²) in [6, 6.07) is 6.23. The minimum atomic E-state index is -1.34. The number of hydrogen-bond acceptors (Lipinski definition) is 10. The summed E-state index contributed by atoms with van der Waals surface area (Å²) in [7, 11) is 4.21. The lowest BCUT2D eigenvalue weighted by atomic mass is 9.96. The number of carbonyl (C=O) groups is 1. The summed E-state index contributed by atoms with van der Waals surface area (Å²) < 4.78 is 27.6. The molecule has 10 heteroatoms. The minimum absolute atomic E-state index is 0.0740. The summed E-state index contributed by atoms with van der Waals surface area (Å²) >= 11 is 0. The van der Waals surface area contributed by atoms with Gasteiger partial charge in [0.05, 0.1) is 40.0 Å². The Morgan fingerprint density at radius 2 is 1.27 bits per heavy atom. The van der Waals surface area contributed by atoms with Crippen molar-refractivity contribution in [1.82, 2.24) is 0 Å². The number of esters is 1. The van der Waals surface area contributed by atoms with Crippen LogP contribution in [0.4, 0.5) is 0 Å². The van der Waals surface area contributed by atoms with Crippen molar-refractivity contribution < 1.29 is 48.9 Å². The van der Waals surface area contributed by atoms with Gasteiger partial charge in [-0.3, -0.25) is 4.79 Å². The quantitative estimate of drug-likeness (QED) is 0.229. The fourth-order valence-corrected chi connectivity index (χ4v) is 3.63. The van der Waals surface area contributed by atoms with Gasteiger partial charge in [0.2, 0.25) is 5.75 Å². The van der Waals surface area contributed by atoms with E-state index in [0.717, 1.165) is 0 Å². The molecule has 0 amide bonds. The van der Waals surface area contributed by atoms with E-state index in [2.05, 4.69) is 0 Å². The third-order valence-electron chi connectivity index (χ3n) is 5.95. The molecule has 0 aliphatic rings. The molecular formula is C27H38O10. The normalized spacial score (nSPS) is 14.5. The number of hydrogen-bond donors (Lipinski definition) is 4. The molecule has 0 aliphatic carbocycles. The monoisotopic (exact) mass is 522 g/mol. The van der Waals surface area contributed by atoms with Gasteiger partial charge in [0.1, 0.15) is 6.10 Å². The molecule has 2 rings (SSSR count). The van der Waals surface area contributed by atoms with E-state index < -0.39 is 36.8 Å². The van der Waals surface area contributed by atoms with Crippen molar-refractivity contribution in [2.75, 3.05) is 34.5 Å². The summed E-state index contributed by atoms with van der Waals surface area (Å²) in [6.45, 7) is 6.10. The molecule has 4 unspecified atom stereocenters. The zero-order valence-electron chi connectivity index (χ0n) is 22.3. The molecule has 2 aromatic rings. The molecule has 0 spiro atoms. The molecule has 37 heavy (non-hydrogen) atoms. The number of aliphatic hydroxyl groups is 4. The van der Waals surface area contributed by atoms with Crippen LogP contribution >= 0.6 is 0 Å². The largest absolute Gasteiger partial charge is 0.493 e. The number of benzene rings is 2. The summed E-state index contributed by atoms with van der Waals surface area (Å²) in [5.74, 6) is -0.310. The Morgan fingerprint density at radius 1 is 0.784 bits per heavy atom. The highest BCUT2D eigenvalue weighted by molar-refractivity contribution is 5.76. The van der Waals surface area contributed by atoms with Crippen LogP contribution in [-0.2, 0) is 4.79 Å². The van der Waals surface area contributed by atoms with E-state index >= 15 is 0 Å². The van der Waals surface area contributed by atoms with E-state index in [1.165, 1.54) is 33.5 Å². The highest BCUT2D eigenvalue weighted by Crippen LogP contribution is 2.42. The Hall–Kier alpha value is -3.05. The Labute approximate surface area is 217 Å². The second-order valence-corrected chi connectivity index (χ2v) is 9.09. The van der Waals surface area contributed by atoms with Crippen molar-refractivity contribution in [3.8, 4) is 28.7 Å². The molecular weight excluding hydrogens is 484 g/mol. The molecule has 10 nitrogen and oxygen atoms in total. The molecule has 0 saturated heterocycles. The van der Waals surface area contributed by atoms with Gasteiger partial charge in [-0.15, -0.1) is 0 Å². The molecule has 0 saturated carbocycles. The van der Waals surface area contributed by atoms with Crippen LogP contribution < -0.4 is 23.7 Å². The van der Waals surface area contributed by atoms with Gasteiger partial charge >= 0.3 is 5.97 Å². The third-order valence-corrected chi connectivity index (χ3v) is 5.95. The average Bonchev–Trinajstić information content (AvgIpc) is 2.90. The van der Waals surface area contributed by atoms with E-state index in [9.17, 15) is 25.2 Å². The van der Waals surface area contributed by atoms with Crippen molar-refractivity contribution in [2.24, 2.45) is 11.8 Å². The van der Waals surface area contributed by atoms with Gasteiger partial charge in [-0.2, -0.15) is 0 Å². The lowest BCUT2D eigenvalue weighted by molar-refractivity contribution is -0.138. The first-order valence-corrected chi connectivity index (χ1v) is 11.9. The van der Waals surface area contributed by atoms with E-state index in [1.54, 1.807) is 39.8 Å². The number of aryl methyl sites for hydroxylation is 1. The van der Waals surface area contributed by atoms with Gasteiger partial charge in [0, 0.05) is 12.5 Å². The maximum atomic E-state index is 12.2. The van der Waals surface area contributed by atoms with Crippen LogP contribution in [0.15, 0.2) is 24.3 Å². The van der Waals surface area contributed by atoms with E-state index in [4.69, 9.17) is 23.7 Å². The predicted octanol–water partition coefficient (Wildman–Crippen LogP) is 2.72. The number of aliphatic hydroxyl groups excluding tert-OH is 4.